The molecule has 0 atom stereocenters. The summed E-state index contributed by atoms with van der Waals surface area (Å²) in [4.78, 5) is 23.2. The van der Waals surface area contributed by atoms with Crippen LogP contribution in [0.4, 0.5) is 5.69 Å². The van der Waals surface area contributed by atoms with Gasteiger partial charge in [0.25, 0.3) is 5.91 Å². The Morgan fingerprint density at radius 1 is 1.17 bits per heavy atom. The lowest BCUT2D eigenvalue weighted by molar-refractivity contribution is -0.142. The van der Waals surface area contributed by atoms with Gasteiger partial charge >= 0.3 is 5.97 Å². The molecule has 0 fully saturated rings. The van der Waals surface area contributed by atoms with Crippen LogP contribution in [0.15, 0.2) is 58.1 Å². The number of nitrogens with zero attached hydrogens (tertiary/aromatic N) is 2. The second-order valence-corrected chi connectivity index (χ2v) is 8.71. The normalized spacial score (nSPS) is 11.2. The highest BCUT2D eigenvalue weighted by Gasteiger charge is 2.22. The van der Waals surface area contributed by atoms with Crippen molar-refractivity contribution < 1.29 is 27.5 Å². The highest BCUT2D eigenvalue weighted by molar-refractivity contribution is 9.10. The first-order chi connectivity index (χ1) is 14.2. The van der Waals surface area contributed by atoms with E-state index in [4.69, 9.17) is 4.74 Å². The van der Waals surface area contributed by atoms with Gasteiger partial charge in [-0.05, 0) is 57.9 Å². The number of carbonyl (C=O) groups is 2. The Bertz CT molecular complexity index is 1020. The number of para-hydroxylation sites is 1. The van der Waals surface area contributed by atoms with Crippen molar-refractivity contribution in [1.29, 1.82) is 0 Å². The molecule has 2 aromatic carbocycles. The van der Waals surface area contributed by atoms with E-state index in [1.54, 1.807) is 48.5 Å². The summed E-state index contributed by atoms with van der Waals surface area (Å²) < 4.78 is 35.5. The smallest absolute Gasteiger partial charge is 0.343 e. The van der Waals surface area contributed by atoms with Crippen molar-refractivity contribution in [3.8, 4) is 5.75 Å². The lowest BCUT2D eigenvalue weighted by Crippen LogP contribution is -2.39. The molecule has 1 N–H and O–H groups in total. The van der Waals surface area contributed by atoms with E-state index >= 15 is 0 Å². The number of anilines is 1. The van der Waals surface area contributed by atoms with Crippen LogP contribution in [0.5, 0.6) is 5.75 Å². The van der Waals surface area contributed by atoms with E-state index in [0.29, 0.717) is 21.5 Å². The standard InChI is InChI=1S/C19H20BrN3O6S/c1-28-19(25)13-29-15-9-7-14(8-10-15)11-21-22-18(24)12-23(30(2,26)27)17-6-4-3-5-16(17)20/h3-11H,12-13H2,1-2H3,(H,22,24)/b21-11-. The molecule has 0 bridgehead atoms. The molecule has 0 aliphatic carbocycles. The van der Waals surface area contributed by atoms with Crippen LogP contribution in [0.2, 0.25) is 0 Å². The fraction of sp³-hybridized carbons (Fsp3) is 0.211. The third-order valence-electron chi connectivity index (χ3n) is 3.68. The Kier molecular flexibility index (Phi) is 8.36. The maximum absolute atomic E-state index is 12.2. The Labute approximate surface area is 182 Å². The molecule has 160 valence electrons. The molecule has 0 radical (unpaired) electrons. The number of benzene rings is 2. The number of esters is 1. The predicted octanol–water partition coefficient (Wildman–Crippen LogP) is 1.92. The molecule has 0 aliphatic heterocycles. The summed E-state index contributed by atoms with van der Waals surface area (Å²) >= 11 is 3.29. The molecule has 2 aromatic rings. The van der Waals surface area contributed by atoms with Crippen molar-refractivity contribution in [1.82, 2.24) is 5.43 Å². The van der Waals surface area contributed by atoms with Crippen LogP contribution in [-0.4, -0.2) is 53.0 Å². The molecule has 0 unspecified atom stereocenters. The van der Waals surface area contributed by atoms with E-state index in [-0.39, 0.29) is 6.61 Å². The molecule has 0 spiro atoms. The number of carbonyl (C=O) groups excluding carboxylic acids is 2. The molecule has 0 saturated heterocycles. The fourth-order valence-corrected chi connectivity index (χ4v) is 3.72. The van der Waals surface area contributed by atoms with Gasteiger partial charge in [0.15, 0.2) is 6.61 Å². The summed E-state index contributed by atoms with van der Waals surface area (Å²) in [5.74, 6) is -0.627. The van der Waals surface area contributed by atoms with Gasteiger partial charge in [-0.3, -0.25) is 9.10 Å². The molecule has 0 saturated carbocycles. The number of halogens is 1. The van der Waals surface area contributed by atoms with Crippen molar-refractivity contribution in [2.24, 2.45) is 5.10 Å². The first-order valence-electron chi connectivity index (χ1n) is 8.54. The molecule has 0 heterocycles. The molecular weight excluding hydrogens is 478 g/mol. The highest BCUT2D eigenvalue weighted by Crippen LogP contribution is 2.27. The molecule has 0 aromatic heterocycles. The van der Waals surface area contributed by atoms with E-state index in [1.165, 1.54) is 13.3 Å². The minimum Gasteiger partial charge on any atom is -0.482 e. The number of sulfonamides is 1. The van der Waals surface area contributed by atoms with Crippen LogP contribution in [0.25, 0.3) is 0 Å². The number of hydrazone groups is 1. The zero-order valence-electron chi connectivity index (χ0n) is 16.2. The van der Waals surface area contributed by atoms with Gasteiger partial charge in [-0.1, -0.05) is 12.1 Å². The lowest BCUT2D eigenvalue weighted by atomic mass is 10.2. The van der Waals surface area contributed by atoms with Crippen LogP contribution in [0.3, 0.4) is 0 Å². The number of nitrogens with one attached hydrogen (secondary N) is 1. The van der Waals surface area contributed by atoms with Crippen LogP contribution >= 0.6 is 15.9 Å². The van der Waals surface area contributed by atoms with Gasteiger partial charge < -0.3 is 9.47 Å². The first kappa shape index (κ1) is 23.4. The minimum absolute atomic E-state index is 0.200. The molecule has 1 amide bonds. The van der Waals surface area contributed by atoms with Gasteiger partial charge in [-0.2, -0.15) is 5.10 Å². The number of methoxy groups -OCH3 is 1. The average molecular weight is 498 g/mol. The summed E-state index contributed by atoms with van der Waals surface area (Å²) in [6.45, 7) is -0.631. The van der Waals surface area contributed by atoms with Crippen molar-refractivity contribution in [3.63, 3.8) is 0 Å². The largest absolute Gasteiger partial charge is 0.482 e. The summed E-state index contributed by atoms with van der Waals surface area (Å²) in [6, 6.07) is 13.3. The Hall–Kier alpha value is -2.92. The van der Waals surface area contributed by atoms with Crippen LogP contribution in [0.1, 0.15) is 5.56 Å². The van der Waals surface area contributed by atoms with Gasteiger partial charge in [0.2, 0.25) is 10.0 Å². The third-order valence-corrected chi connectivity index (χ3v) is 5.47. The van der Waals surface area contributed by atoms with Gasteiger partial charge in [0.05, 0.1) is 25.3 Å². The predicted molar refractivity (Wildman–Crippen MR) is 116 cm³/mol. The molecule has 2 rings (SSSR count). The third kappa shape index (κ3) is 7.16. The van der Waals surface area contributed by atoms with Crippen LogP contribution in [-0.2, 0) is 24.3 Å². The van der Waals surface area contributed by atoms with Gasteiger partial charge in [-0.25, -0.2) is 18.6 Å². The van der Waals surface area contributed by atoms with Gasteiger partial charge in [-0.15, -0.1) is 0 Å². The molecule has 9 nitrogen and oxygen atoms in total. The average Bonchev–Trinajstić information content (AvgIpc) is 2.71. The first-order valence-corrected chi connectivity index (χ1v) is 11.2. The van der Waals surface area contributed by atoms with E-state index in [1.807, 2.05) is 0 Å². The number of amides is 1. The Balaban J connectivity index is 1.96. The number of hydrogen-bond acceptors (Lipinski definition) is 7. The molecule has 11 heteroatoms. The van der Waals surface area contributed by atoms with Crippen molar-refractivity contribution in [2.75, 3.05) is 30.8 Å². The fourth-order valence-electron chi connectivity index (χ4n) is 2.23. The Morgan fingerprint density at radius 2 is 1.83 bits per heavy atom. The monoisotopic (exact) mass is 497 g/mol. The topological polar surface area (TPSA) is 114 Å². The highest BCUT2D eigenvalue weighted by atomic mass is 79.9. The molecule has 0 aliphatic rings. The van der Waals surface area contributed by atoms with E-state index in [9.17, 15) is 18.0 Å². The summed E-state index contributed by atoms with van der Waals surface area (Å²) in [5.41, 5.74) is 3.31. The second-order valence-electron chi connectivity index (χ2n) is 5.95. The van der Waals surface area contributed by atoms with Crippen molar-refractivity contribution in [2.45, 2.75) is 0 Å². The lowest BCUT2D eigenvalue weighted by Gasteiger charge is -2.22. The number of ether oxygens (including phenoxy) is 2. The number of hydrogen-bond donors (Lipinski definition) is 1. The number of rotatable bonds is 9. The van der Waals surface area contributed by atoms with Crippen LogP contribution in [0, 0.1) is 0 Å². The quantitative estimate of drug-likeness (QED) is 0.321. The van der Waals surface area contributed by atoms with E-state index < -0.39 is 28.4 Å². The zero-order chi connectivity index (χ0) is 22.1. The molecular formula is C19H20BrN3O6S. The molecule has 30 heavy (non-hydrogen) atoms. The van der Waals surface area contributed by atoms with E-state index in [2.05, 4.69) is 31.2 Å². The van der Waals surface area contributed by atoms with Gasteiger partial charge in [0.1, 0.15) is 12.3 Å². The summed E-state index contributed by atoms with van der Waals surface area (Å²) in [6.07, 6.45) is 2.41. The zero-order valence-corrected chi connectivity index (χ0v) is 18.6. The van der Waals surface area contributed by atoms with Crippen molar-refractivity contribution >= 4 is 49.7 Å². The van der Waals surface area contributed by atoms with Crippen LogP contribution < -0.4 is 14.5 Å². The SMILES string of the molecule is COC(=O)COc1ccc(/C=N\NC(=O)CN(c2ccccc2Br)S(C)(=O)=O)cc1. The minimum atomic E-state index is -3.69. The maximum atomic E-state index is 12.2. The Morgan fingerprint density at radius 3 is 2.43 bits per heavy atom. The maximum Gasteiger partial charge on any atom is 0.343 e. The summed E-state index contributed by atoms with van der Waals surface area (Å²) in [5, 5.41) is 3.84. The van der Waals surface area contributed by atoms with Crippen molar-refractivity contribution in [3.05, 3.63) is 58.6 Å². The second kappa shape index (κ2) is 10.7. The van der Waals surface area contributed by atoms with Gasteiger partial charge in [0, 0.05) is 4.47 Å². The summed E-state index contributed by atoms with van der Waals surface area (Å²) in [7, 11) is -2.42. The van der Waals surface area contributed by atoms with E-state index in [0.717, 1.165) is 10.6 Å².